The van der Waals surface area contributed by atoms with Crippen molar-refractivity contribution in [2.24, 2.45) is 16.8 Å². The van der Waals surface area contributed by atoms with Crippen LogP contribution in [0.25, 0.3) is 0 Å². The fourth-order valence-electron chi connectivity index (χ4n) is 1.09. The fraction of sp³-hybridized carbons (Fsp3) is 0.667. The molecule has 0 fully saturated rings. The Hall–Kier alpha value is -1.79. The smallest absolute Gasteiger partial charge is 0.239 e. The Morgan fingerprint density at radius 2 is 2.12 bits per heavy atom. The summed E-state index contributed by atoms with van der Waals surface area (Å²) in [6.45, 7) is 3.76. The van der Waals surface area contributed by atoms with E-state index in [9.17, 15) is 9.59 Å². The van der Waals surface area contributed by atoms with Crippen molar-refractivity contribution in [2.75, 3.05) is 20.1 Å². The van der Waals surface area contributed by atoms with E-state index in [-0.39, 0.29) is 24.2 Å². The third kappa shape index (κ3) is 4.16. The van der Waals surface area contributed by atoms with E-state index < -0.39 is 5.92 Å². The van der Waals surface area contributed by atoms with Crippen molar-refractivity contribution in [1.82, 2.24) is 10.2 Å². The second kappa shape index (κ2) is 6.65. The van der Waals surface area contributed by atoms with Crippen LogP contribution in [0.1, 0.15) is 13.8 Å². The maximum atomic E-state index is 11.7. The largest absolute Gasteiger partial charge is 0.409 e. The number of hydrogen-bond donors (Lipinski definition) is 3. The summed E-state index contributed by atoms with van der Waals surface area (Å²) in [5.41, 5.74) is 5.30. The van der Waals surface area contributed by atoms with Crippen molar-refractivity contribution in [3.63, 3.8) is 0 Å². The van der Waals surface area contributed by atoms with Crippen LogP contribution in [0.5, 0.6) is 0 Å². The van der Waals surface area contributed by atoms with Crippen LogP contribution >= 0.6 is 0 Å². The van der Waals surface area contributed by atoms with Gasteiger partial charge in [-0.1, -0.05) is 5.16 Å². The van der Waals surface area contributed by atoms with E-state index in [1.54, 1.807) is 6.92 Å². The zero-order valence-corrected chi connectivity index (χ0v) is 9.73. The first-order valence-electron chi connectivity index (χ1n) is 4.93. The third-order valence-corrected chi connectivity index (χ3v) is 2.06. The molecule has 0 aromatic carbocycles. The molecule has 0 aliphatic heterocycles. The van der Waals surface area contributed by atoms with Crippen molar-refractivity contribution in [1.29, 1.82) is 0 Å². The molecule has 0 spiro atoms. The lowest BCUT2D eigenvalue weighted by Gasteiger charge is -2.19. The van der Waals surface area contributed by atoms with Crippen LogP contribution < -0.4 is 11.1 Å². The van der Waals surface area contributed by atoms with Gasteiger partial charge in [0.2, 0.25) is 11.8 Å². The molecule has 0 saturated carbocycles. The minimum atomic E-state index is -0.746. The van der Waals surface area contributed by atoms with Gasteiger partial charge in [0, 0.05) is 13.6 Å². The van der Waals surface area contributed by atoms with Gasteiger partial charge in [0.05, 0.1) is 12.5 Å². The number of carbonyl (C=O) groups is 2. The zero-order chi connectivity index (χ0) is 12.7. The number of rotatable bonds is 5. The molecule has 0 aromatic heterocycles. The summed E-state index contributed by atoms with van der Waals surface area (Å²) in [5.74, 6) is -1.54. The molecule has 0 heterocycles. The van der Waals surface area contributed by atoms with Crippen LogP contribution in [0.2, 0.25) is 0 Å². The number of amidine groups is 1. The standard InChI is InChI=1S/C9H18N4O3/c1-4-11-7(14)5-13(3)9(15)6(2)8(10)12-16/h6,16H,4-5H2,1-3H3,(H2,10,12)(H,11,14). The van der Waals surface area contributed by atoms with Gasteiger partial charge < -0.3 is 21.2 Å². The number of oxime groups is 1. The Balaban J connectivity index is 4.34. The second-order valence-corrected chi connectivity index (χ2v) is 3.39. The molecule has 2 amide bonds. The third-order valence-electron chi connectivity index (χ3n) is 2.06. The Morgan fingerprint density at radius 3 is 2.56 bits per heavy atom. The highest BCUT2D eigenvalue weighted by molar-refractivity contribution is 6.02. The first-order chi connectivity index (χ1) is 7.43. The number of hydrogen-bond acceptors (Lipinski definition) is 4. The topological polar surface area (TPSA) is 108 Å². The molecule has 92 valence electrons. The van der Waals surface area contributed by atoms with E-state index in [4.69, 9.17) is 10.9 Å². The Kier molecular flexibility index (Phi) is 5.91. The predicted molar refractivity (Wildman–Crippen MR) is 58.9 cm³/mol. The summed E-state index contributed by atoms with van der Waals surface area (Å²) >= 11 is 0. The summed E-state index contributed by atoms with van der Waals surface area (Å²) in [6, 6.07) is 0. The lowest BCUT2D eigenvalue weighted by molar-refractivity contribution is -0.136. The SMILES string of the molecule is CCNC(=O)CN(C)C(=O)C(C)C(N)=NO. The molecule has 0 radical (unpaired) electrons. The molecule has 0 saturated heterocycles. The first-order valence-corrected chi connectivity index (χ1v) is 4.93. The summed E-state index contributed by atoms with van der Waals surface area (Å²) in [6.07, 6.45) is 0. The van der Waals surface area contributed by atoms with E-state index >= 15 is 0 Å². The van der Waals surface area contributed by atoms with Gasteiger partial charge >= 0.3 is 0 Å². The van der Waals surface area contributed by atoms with Gasteiger partial charge in [-0.05, 0) is 13.8 Å². The minimum Gasteiger partial charge on any atom is -0.409 e. The molecular formula is C9H18N4O3. The van der Waals surface area contributed by atoms with E-state index in [0.29, 0.717) is 6.54 Å². The Bertz CT molecular complexity index is 290. The monoisotopic (exact) mass is 230 g/mol. The molecule has 0 rings (SSSR count). The molecular weight excluding hydrogens is 212 g/mol. The summed E-state index contributed by atoms with van der Waals surface area (Å²) < 4.78 is 0. The Labute approximate surface area is 94.3 Å². The van der Waals surface area contributed by atoms with Gasteiger partial charge in [0.15, 0.2) is 5.84 Å². The van der Waals surface area contributed by atoms with Crippen molar-refractivity contribution in [3.8, 4) is 0 Å². The van der Waals surface area contributed by atoms with Crippen LogP contribution in [0.4, 0.5) is 0 Å². The van der Waals surface area contributed by atoms with Crippen molar-refractivity contribution >= 4 is 17.6 Å². The average Bonchev–Trinajstić information content (AvgIpc) is 2.26. The molecule has 0 aliphatic carbocycles. The molecule has 0 aliphatic rings. The van der Waals surface area contributed by atoms with Crippen LogP contribution in [-0.4, -0.2) is 47.9 Å². The van der Waals surface area contributed by atoms with Gasteiger partial charge in [-0.25, -0.2) is 0 Å². The second-order valence-electron chi connectivity index (χ2n) is 3.39. The van der Waals surface area contributed by atoms with Crippen LogP contribution in [0.15, 0.2) is 5.16 Å². The van der Waals surface area contributed by atoms with Crippen molar-refractivity contribution in [2.45, 2.75) is 13.8 Å². The van der Waals surface area contributed by atoms with Gasteiger partial charge in [0.1, 0.15) is 0 Å². The van der Waals surface area contributed by atoms with E-state index in [2.05, 4.69) is 10.5 Å². The summed E-state index contributed by atoms with van der Waals surface area (Å²) in [5, 5.41) is 13.7. The number of amides is 2. The predicted octanol–water partition coefficient (Wildman–Crippen LogP) is -1.04. The number of carbonyl (C=O) groups excluding carboxylic acids is 2. The quantitative estimate of drug-likeness (QED) is 0.243. The number of nitrogens with two attached hydrogens (primary N) is 1. The van der Waals surface area contributed by atoms with E-state index in [1.807, 2.05) is 0 Å². The maximum Gasteiger partial charge on any atom is 0.239 e. The fourth-order valence-corrected chi connectivity index (χ4v) is 1.09. The van der Waals surface area contributed by atoms with Crippen LogP contribution in [0, 0.1) is 5.92 Å². The van der Waals surface area contributed by atoms with E-state index in [0.717, 1.165) is 0 Å². The molecule has 0 aromatic rings. The molecule has 1 unspecified atom stereocenters. The molecule has 7 heteroatoms. The van der Waals surface area contributed by atoms with Gasteiger partial charge in [0.25, 0.3) is 0 Å². The van der Waals surface area contributed by atoms with Gasteiger partial charge in [-0.2, -0.15) is 0 Å². The number of likely N-dealkylation sites (N-methyl/N-ethyl adjacent to an activating group) is 2. The van der Waals surface area contributed by atoms with Crippen LogP contribution in [-0.2, 0) is 9.59 Å². The molecule has 1 atom stereocenters. The lowest BCUT2D eigenvalue weighted by Crippen LogP contribution is -2.43. The number of nitrogens with zero attached hydrogens (tertiary/aromatic N) is 2. The van der Waals surface area contributed by atoms with Gasteiger partial charge in [-0.15, -0.1) is 0 Å². The molecule has 7 nitrogen and oxygen atoms in total. The first kappa shape index (κ1) is 14.2. The highest BCUT2D eigenvalue weighted by Gasteiger charge is 2.22. The molecule has 4 N–H and O–H groups in total. The normalized spacial score (nSPS) is 13.1. The summed E-state index contributed by atoms with van der Waals surface area (Å²) in [4.78, 5) is 24.1. The Morgan fingerprint density at radius 1 is 1.56 bits per heavy atom. The molecule has 16 heavy (non-hydrogen) atoms. The highest BCUT2D eigenvalue weighted by atomic mass is 16.4. The van der Waals surface area contributed by atoms with Crippen molar-refractivity contribution in [3.05, 3.63) is 0 Å². The van der Waals surface area contributed by atoms with Gasteiger partial charge in [-0.3, -0.25) is 9.59 Å². The lowest BCUT2D eigenvalue weighted by atomic mass is 10.1. The average molecular weight is 230 g/mol. The van der Waals surface area contributed by atoms with E-state index in [1.165, 1.54) is 18.9 Å². The minimum absolute atomic E-state index is 0.0459. The molecule has 0 bridgehead atoms. The summed E-state index contributed by atoms with van der Waals surface area (Å²) in [7, 11) is 1.48. The zero-order valence-electron chi connectivity index (χ0n) is 9.73. The van der Waals surface area contributed by atoms with Crippen molar-refractivity contribution < 1.29 is 14.8 Å². The number of nitrogens with one attached hydrogen (secondary N) is 1. The maximum absolute atomic E-state index is 11.7. The van der Waals surface area contributed by atoms with Crippen LogP contribution in [0.3, 0.4) is 0 Å². The highest BCUT2D eigenvalue weighted by Crippen LogP contribution is 2.00.